The van der Waals surface area contributed by atoms with Gasteiger partial charge in [-0.25, -0.2) is 0 Å². The van der Waals surface area contributed by atoms with Gasteiger partial charge in [0.25, 0.3) is 10.1 Å². The number of aliphatic hydroxyl groups excluding tert-OH is 2. The molecule has 0 amide bonds. The Hall–Kier alpha value is -0.210. The van der Waals surface area contributed by atoms with Gasteiger partial charge >= 0.3 is 0 Å². The van der Waals surface area contributed by atoms with Crippen molar-refractivity contribution >= 4 is 10.1 Å². The maximum atomic E-state index is 10.4. The zero-order valence-corrected chi connectivity index (χ0v) is 9.11. The smallest absolute Gasteiger partial charge is 0.264 e. The average molecular weight is 227 g/mol. The molecule has 0 saturated carbocycles. The third-order valence-electron chi connectivity index (χ3n) is 1.78. The Labute approximate surface area is 83.9 Å². The monoisotopic (exact) mass is 227 g/mol. The molecule has 3 N–H and O–H groups in total. The van der Waals surface area contributed by atoms with Crippen LogP contribution in [-0.4, -0.2) is 52.8 Å². The van der Waals surface area contributed by atoms with Crippen molar-refractivity contribution in [1.82, 2.24) is 4.90 Å². The molecule has 0 aliphatic heterocycles. The van der Waals surface area contributed by atoms with Crippen LogP contribution in [0.15, 0.2) is 0 Å². The second kappa shape index (κ2) is 5.62. The van der Waals surface area contributed by atoms with Crippen molar-refractivity contribution < 1.29 is 23.2 Å². The first-order valence-corrected chi connectivity index (χ1v) is 5.92. The standard InChI is InChI=1S/C7H17NO5S/c1-6(9)8(7(2)10)4-3-5-14(11,12)13/h6-7,9-10H,3-5H2,1-2H3,(H,11,12,13). The van der Waals surface area contributed by atoms with E-state index >= 15 is 0 Å². The average Bonchev–Trinajstić information content (AvgIpc) is 1.94. The summed E-state index contributed by atoms with van der Waals surface area (Å²) in [6.07, 6.45) is -1.54. The molecule has 7 heteroatoms. The van der Waals surface area contributed by atoms with Gasteiger partial charge in [0.2, 0.25) is 0 Å². The maximum Gasteiger partial charge on any atom is 0.264 e. The molecule has 0 fully saturated rings. The van der Waals surface area contributed by atoms with E-state index in [4.69, 9.17) is 14.8 Å². The lowest BCUT2D eigenvalue weighted by molar-refractivity contribution is -0.0835. The van der Waals surface area contributed by atoms with Crippen LogP contribution in [0, 0.1) is 0 Å². The minimum absolute atomic E-state index is 0.161. The molecule has 0 aromatic carbocycles. The van der Waals surface area contributed by atoms with Gasteiger partial charge in [0.1, 0.15) is 12.5 Å². The summed E-state index contributed by atoms with van der Waals surface area (Å²) in [5, 5.41) is 18.3. The fourth-order valence-corrected chi connectivity index (χ4v) is 1.61. The predicted molar refractivity (Wildman–Crippen MR) is 51.1 cm³/mol. The van der Waals surface area contributed by atoms with E-state index in [0.29, 0.717) is 0 Å². The van der Waals surface area contributed by atoms with Gasteiger partial charge in [-0.15, -0.1) is 0 Å². The van der Waals surface area contributed by atoms with Crippen LogP contribution in [-0.2, 0) is 10.1 Å². The molecule has 0 spiro atoms. The summed E-state index contributed by atoms with van der Waals surface area (Å²) < 4.78 is 29.2. The molecule has 86 valence electrons. The van der Waals surface area contributed by atoms with Crippen molar-refractivity contribution in [2.24, 2.45) is 0 Å². The number of nitrogens with zero attached hydrogens (tertiary/aromatic N) is 1. The first-order valence-electron chi connectivity index (χ1n) is 4.31. The number of hydrogen-bond acceptors (Lipinski definition) is 5. The second-order valence-corrected chi connectivity index (χ2v) is 4.71. The third-order valence-corrected chi connectivity index (χ3v) is 2.58. The van der Waals surface area contributed by atoms with Gasteiger partial charge < -0.3 is 10.2 Å². The summed E-state index contributed by atoms with van der Waals surface area (Å²) >= 11 is 0. The Kier molecular flexibility index (Phi) is 5.53. The van der Waals surface area contributed by atoms with Crippen LogP contribution in [0.4, 0.5) is 0 Å². The highest BCUT2D eigenvalue weighted by molar-refractivity contribution is 7.85. The molecule has 6 nitrogen and oxygen atoms in total. The normalized spacial score (nSPS) is 17.0. The summed E-state index contributed by atoms with van der Waals surface area (Å²) in [5.74, 6) is -0.372. The fourth-order valence-electron chi connectivity index (χ4n) is 1.12. The lowest BCUT2D eigenvalue weighted by Gasteiger charge is -2.27. The van der Waals surface area contributed by atoms with Gasteiger partial charge in [-0.2, -0.15) is 8.42 Å². The van der Waals surface area contributed by atoms with Crippen LogP contribution in [0.1, 0.15) is 20.3 Å². The van der Waals surface area contributed by atoms with E-state index < -0.39 is 22.6 Å². The van der Waals surface area contributed by atoms with E-state index in [9.17, 15) is 8.42 Å². The lowest BCUT2D eigenvalue weighted by atomic mass is 10.3. The van der Waals surface area contributed by atoms with Gasteiger partial charge in [-0.05, 0) is 20.3 Å². The van der Waals surface area contributed by atoms with Crippen LogP contribution in [0.2, 0.25) is 0 Å². The van der Waals surface area contributed by atoms with Gasteiger partial charge in [0, 0.05) is 6.54 Å². The van der Waals surface area contributed by atoms with E-state index in [1.807, 2.05) is 0 Å². The van der Waals surface area contributed by atoms with Crippen molar-refractivity contribution in [2.45, 2.75) is 32.7 Å². The Balaban J connectivity index is 3.96. The quantitative estimate of drug-likeness (QED) is 0.408. The summed E-state index contributed by atoms with van der Waals surface area (Å²) in [7, 11) is -3.96. The summed E-state index contributed by atoms with van der Waals surface area (Å²) in [4.78, 5) is 1.31. The largest absolute Gasteiger partial charge is 0.379 e. The first-order chi connectivity index (χ1) is 6.24. The second-order valence-electron chi connectivity index (χ2n) is 3.14. The molecule has 0 saturated heterocycles. The molecule has 0 bridgehead atoms. The summed E-state index contributed by atoms with van der Waals surface area (Å²) in [5.41, 5.74) is 0. The number of hydrogen-bond donors (Lipinski definition) is 3. The topological polar surface area (TPSA) is 98.1 Å². The highest BCUT2D eigenvalue weighted by Crippen LogP contribution is 2.03. The van der Waals surface area contributed by atoms with E-state index in [2.05, 4.69) is 0 Å². The molecule has 0 aliphatic rings. The molecule has 2 atom stereocenters. The van der Waals surface area contributed by atoms with Crippen LogP contribution >= 0.6 is 0 Å². The Morgan fingerprint density at radius 1 is 1.21 bits per heavy atom. The number of aliphatic hydroxyl groups is 2. The highest BCUT2D eigenvalue weighted by Gasteiger charge is 2.16. The molecule has 0 radical (unpaired) electrons. The minimum Gasteiger partial charge on any atom is -0.379 e. The molecule has 14 heavy (non-hydrogen) atoms. The van der Waals surface area contributed by atoms with E-state index in [1.165, 1.54) is 18.7 Å². The zero-order valence-electron chi connectivity index (χ0n) is 8.29. The fraction of sp³-hybridized carbons (Fsp3) is 1.00. The highest BCUT2D eigenvalue weighted by atomic mass is 32.2. The van der Waals surface area contributed by atoms with Crippen molar-refractivity contribution in [3.8, 4) is 0 Å². The summed E-state index contributed by atoms with van der Waals surface area (Å²) in [6, 6.07) is 0. The van der Waals surface area contributed by atoms with Crippen molar-refractivity contribution in [2.75, 3.05) is 12.3 Å². The van der Waals surface area contributed by atoms with Crippen LogP contribution < -0.4 is 0 Å². The molecule has 0 rings (SSSR count). The van der Waals surface area contributed by atoms with Crippen molar-refractivity contribution in [3.63, 3.8) is 0 Å². The van der Waals surface area contributed by atoms with Crippen LogP contribution in [0.3, 0.4) is 0 Å². The Bertz CT molecular complexity index is 241. The molecule has 0 aromatic heterocycles. The van der Waals surface area contributed by atoms with E-state index in [1.54, 1.807) is 0 Å². The van der Waals surface area contributed by atoms with Gasteiger partial charge in [0.15, 0.2) is 0 Å². The predicted octanol–water partition coefficient (Wildman–Crippen LogP) is -0.757. The zero-order chi connectivity index (χ0) is 11.4. The SMILES string of the molecule is CC(O)N(CCCS(=O)(=O)O)C(C)O. The van der Waals surface area contributed by atoms with Gasteiger partial charge in [-0.1, -0.05) is 0 Å². The first kappa shape index (κ1) is 13.8. The maximum absolute atomic E-state index is 10.4. The van der Waals surface area contributed by atoms with Gasteiger partial charge in [-0.3, -0.25) is 9.45 Å². The Morgan fingerprint density at radius 3 is 1.93 bits per heavy atom. The molecular weight excluding hydrogens is 210 g/mol. The lowest BCUT2D eigenvalue weighted by Crippen LogP contribution is -2.41. The molecule has 0 aliphatic carbocycles. The molecule has 0 aromatic rings. The van der Waals surface area contributed by atoms with Crippen molar-refractivity contribution in [3.05, 3.63) is 0 Å². The number of rotatable bonds is 6. The molecular formula is C7H17NO5S. The van der Waals surface area contributed by atoms with Gasteiger partial charge in [0.05, 0.1) is 5.75 Å². The van der Waals surface area contributed by atoms with Crippen molar-refractivity contribution in [1.29, 1.82) is 0 Å². The minimum atomic E-state index is -3.96. The van der Waals surface area contributed by atoms with Crippen LogP contribution in [0.25, 0.3) is 0 Å². The molecule has 0 heterocycles. The molecule has 2 unspecified atom stereocenters. The van der Waals surface area contributed by atoms with Crippen LogP contribution in [0.5, 0.6) is 0 Å². The van der Waals surface area contributed by atoms with E-state index in [0.717, 1.165) is 0 Å². The third kappa shape index (κ3) is 6.28. The van der Waals surface area contributed by atoms with E-state index in [-0.39, 0.29) is 18.7 Å². The Morgan fingerprint density at radius 2 is 1.64 bits per heavy atom. The summed E-state index contributed by atoms with van der Waals surface area (Å²) in [6.45, 7) is 3.15.